The van der Waals surface area contributed by atoms with E-state index in [9.17, 15) is 14.0 Å². The molecular formula is C16H13FN4O3S2. The fourth-order valence-corrected chi connectivity index (χ4v) is 3.50. The van der Waals surface area contributed by atoms with Crippen molar-refractivity contribution >= 4 is 39.9 Å². The average molecular weight is 392 g/mol. The number of anilines is 1. The second-order valence-corrected chi connectivity index (χ2v) is 7.34. The quantitative estimate of drug-likeness (QED) is 0.624. The predicted octanol–water partition coefficient (Wildman–Crippen LogP) is 3.16. The number of nitrogens with two attached hydrogens (primary N) is 1. The van der Waals surface area contributed by atoms with Gasteiger partial charge in [-0.25, -0.2) is 4.39 Å². The van der Waals surface area contributed by atoms with Crippen LogP contribution in [0.5, 0.6) is 0 Å². The van der Waals surface area contributed by atoms with Crippen molar-refractivity contribution in [3.8, 4) is 11.5 Å². The lowest BCUT2D eigenvalue weighted by Gasteiger charge is -2.09. The zero-order chi connectivity index (χ0) is 18.7. The van der Waals surface area contributed by atoms with Crippen molar-refractivity contribution in [1.29, 1.82) is 0 Å². The molecule has 7 nitrogen and oxygen atoms in total. The van der Waals surface area contributed by atoms with Gasteiger partial charge in [-0.05, 0) is 30.5 Å². The molecule has 0 aliphatic heterocycles. The normalized spacial score (nSPS) is 11.9. The molecule has 0 aliphatic carbocycles. The molecular weight excluding hydrogens is 379 g/mol. The van der Waals surface area contributed by atoms with E-state index in [2.05, 4.69) is 15.5 Å². The largest absolute Gasteiger partial charge is 0.411 e. The number of thioether (sulfide) groups is 1. The molecule has 0 saturated carbocycles. The van der Waals surface area contributed by atoms with Crippen LogP contribution < -0.4 is 11.1 Å². The summed E-state index contributed by atoms with van der Waals surface area (Å²) in [6.07, 6.45) is 0. The summed E-state index contributed by atoms with van der Waals surface area (Å²) in [7, 11) is 0. The van der Waals surface area contributed by atoms with Crippen molar-refractivity contribution in [3.63, 3.8) is 0 Å². The van der Waals surface area contributed by atoms with Crippen molar-refractivity contribution in [2.75, 3.05) is 5.32 Å². The number of rotatable bonds is 6. The molecule has 3 N–H and O–H groups in total. The lowest BCUT2D eigenvalue weighted by molar-refractivity contribution is -0.115. The van der Waals surface area contributed by atoms with Gasteiger partial charge in [0.25, 0.3) is 17.0 Å². The van der Waals surface area contributed by atoms with Gasteiger partial charge in [0, 0.05) is 0 Å². The number of hydrogen-bond donors (Lipinski definition) is 2. The molecule has 26 heavy (non-hydrogen) atoms. The highest BCUT2D eigenvalue weighted by Gasteiger charge is 2.21. The van der Waals surface area contributed by atoms with E-state index >= 15 is 0 Å². The number of aromatic nitrogens is 2. The van der Waals surface area contributed by atoms with E-state index < -0.39 is 17.0 Å². The van der Waals surface area contributed by atoms with Gasteiger partial charge >= 0.3 is 0 Å². The number of nitrogens with zero attached hydrogens (tertiary/aromatic N) is 2. The molecule has 0 spiro atoms. The molecule has 0 aliphatic rings. The smallest absolute Gasteiger partial charge is 0.277 e. The highest BCUT2D eigenvalue weighted by atomic mass is 32.2. The van der Waals surface area contributed by atoms with Gasteiger partial charge in [-0.2, -0.15) is 0 Å². The minimum atomic E-state index is -0.617. The van der Waals surface area contributed by atoms with Crippen LogP contribution in [-0.4, -0.2) is 27.3 Å². The third-order valence-corrected chi connectivity index (χ3v) is 5.09. The molecule has 3 rings (SSSR count). The van der Waals surface area contributed by atoms with Crippen LogP contribution in [-0.2, 0) is 4.79 Å². The number of carbonyl (C=O) groups excluding carboxylic acids is 2. The lowest BCUT2D eigenvalue weighted by atomic mass is 10.2. The number of primary amides is 1. The van der Waals surface area contributed by atoms with Crippen LogP contribution in [0.3, 0.4) is 0 Å². The third kappa shape index (κ3) is 3.92. The van der Waals surface area contributed by atoms with Crippen LogP contribution >= 0.6 is 23.1 Å². The topological polar surface area (TPSA) is 111 Å². The van der Waals surface area contributed by atoms with Gasteiger partial charge in [0.05, 0.1) is 16.4 Å². The van der Waals surface area contributed by atoms with E-state index in [1.54, 1.807) is 30.5 Å². The first-order valence-corrected chi connectivity index (χ1v) is 9.15. The Hall–Kier alpha value is -2.72. The molecule has 0 bridgehead atoms. The first-order chi connectivity index (χ1) is 12.5. The number of halogens is 1. The molecule has 0 saturated heterocycles. The van der Waals surface area contributed by atoms with Gasteiger partial charge in [0.1, 0.15) is 10.8 Å². The van der Waals surface area contributed by atoms with Crippen LogP contribution in [0, 0.1) is 5.82 Å². The summed E-state index contributed by atoms with van der Waals surface area (Å²) in [4.78, 5) is 23.6. The van der Waals surface area contributed by atoms with Gasteiger partial charge in [-0.1, -0.05) is 23.9 Å². The minimum absolute atomic E-state index is 0.0347. The molecule has 1 aromatic carbocycles. The summed E-state index contributed by atoms with van der Waals surface area (Å²) in [5.41, 5.74) is 5.69. The second-order valence-electron chi connectivity index (χ2n) is 5.13. The van der Waals surface area contributed by atoms with E-state index in [4.69, 9.17) is 10.2 Å². The Kier molecular flexibility index (Phi) is 5.33. The molecule has 0 unspecified atom stereocenters. The number of thiophene rings is 1. The summed E-state index contributed by atoms with van der Waals surface area (Å²) in [5, 5.41) is 11.9. The van der Waals surface area contributed by atoms with Gasteiger partial charge < -0.3 is 15.5 Å². The van der Waals surface area contributed by atoms with Crippen molar-refractivity contribution in [3.05, 3.63) is 47.1 Å². The van der Waals surface area contributed by atoms with E-state index in [0.717, 1.165) is 11.8 Å². The maximum absolute atomic E-state index is 13.8. The van der Waals surface area contributed by atoms with E-state index in [0.29, 0.717) is 5.00 Å². The first kappa shape index (κ1) is 18.1. The van der Waals surface area contributed by atoms with Crippen LogP contribution in [0.15, 0.2) is 45.4 Å². The molecule has 1 atom stereocenters. The molecule has 2 heterocycles. The fourth-order valence-electron chi connectivity index (χ4n) is 2.02. The van der Waals surface area contributed by atoms with Gasteiger partial charge in [0.15, 0.2) is 0 Å². The maximum atomic E-state index is 13.8. The van der Waals surface area contributed by atoms with E-state index in [1.807, 2.05) is 0 Å². The Morgan fingerprint density at radius 3 is 2.81 bits per heavy atom. The maximum Gasteiger partial charge on any atom is 0.277 e. The van der Waals surface area contributed by atoms with Gasteiger partial charge in [-0.15, -0.1) is 21.5 Å². The van der Waals surface area contributed by atoms with Crippen molar-refractivity contribution in [1.82, 2.24) is 10.2 Å². The summed E-state index contributed by atoms with van der Waals surface area (Å²) in [6.45, 7) is 1.64. The van der Waals surface area contributed by atoms with Crippen LogP contribution in [0.1, 0.15) is 17.3 Å². The Bertz CT molecular complexity index is 956. The summed E-state index contributed by atoms with van der Waals surface area (Å²) < 4.78 is 19.2. The fraction of sp³-hybridized carbons (Fsp3) is 0.125. The molecule has 3 aromatic rings. The molecule has 10 heteroatoms. The summed E-state index contributed by atoms with van der Waals surface area (Å²) in [5.74, 6) is -1.42. The predicted molar refractivity (Wildman–Crippen MR) is 96.5 cm³/mol. The zero-order valence-electron chi connectivity index (χ0n) is 13.4. The van der Waals surface area contributed by atoms with Crippen LogP contribution in [0.25, 0.3) is 11.5 Å². The van der Waals surface area contributed by atoms with Gasteiger partial charge in [-0.3, -0.25) is 9.59 Å². The highest BCUT2D eigenvalue weighted by molar-refractivity contribution is 8.00. The lowest BCUT2D eigenvalue weighted by Crippen LogP contribution is -2.23. The van der Waals surface area contributed by atoms with Crippen molar-refractivity contribution in [2.24, 2.45) is 5.73 Å². The molecule has 134 valence electrons. The summed E-state index contributed by atoms with van der Waals surface area (Å²) in [6, 6.07) is 7.57. The van der Waals surface area contributed by atoms with E-state index in [1.165, 1.54) is 23.5 Å². The number of amides is 2. The molecule has 2 aromatic heterocycles. The third-order valence-electron chi connectivity index (χ3n) is 3.32. The minimum Gasteiger partial charge on any atom is -0.411 e. The standard InChI is InChI=1S/C16H13FN4O3S2/c1-8(13(23)19-15-10(12(18)22)6-7-25-15)26-16-21-20-14(24-16)9-4-2-3-5-11(9)17/h2-8H,1H3,(H2,18,22)(H,19,23)/t8-/m0/s1. The number of carbonyl (C=O) groups is 2. The molecule has 0 fully saturated rings. The monoisotopic (exact) mass is 392 g/mol. The molecule has 0 radical (unpaired) electrons. The Balaban J connectivity index is 1.67. The highest BCUT2D eigenvalue weighted by Crippen LogP contribution is 2.29. The van der Waals surface area contributed by atoms with Crippen molar-refractivity contribution < 1.29 is 18.4 Å². The number of benzene rings is 1. The second kappa shape index (κ2) is 7.67. The zero-order valence-corrected chi connectivity index (χ0v) is 15.1. The van der Waals surface area contributed by atoms with Crippen LogP contribution in [0.2, 0.25) is 0 Å². The Morgan fingerprint density at radius 2 is 2.08 bits per heavy atom. The average Bonchev–Trinajstić information content (AvgIpc) is 3.24. The van der Waals surface area contributed by atoms with E-state index in [-0.39, 0.29) is 28.1 Å². The Morgan fingerprint density at radius 1 is 1.31 bits per heavy atom. The van der Waals surface area contributed by atoms with Crippen molar-refractivity contribution in [2.45, 2.75) is 17.4 Å². The Labute approximate surface area is 155 Å². The van der Waals surface area contributed by atoms with Gasteiger partial charge in [0.2, 0.25) is 5.91 Å². The summed E-state index contributed by atoms with van der Waals surface area (Å²) >= 11 is 2.22. The van der Waals surface area contributed by atoms with Crippen LogP contribution in [0.4, 0.5) is 9.39 Å². The SMILES string of the molecule is C[C@H](Sc1nnc(-c2ccccc2F)o1)C(=O)Nc1sccc1C(N)=O. The first-order valence-electron chi connectivity index (χ1n) is 7.39. The number of hydrogen-bond acceptors (Lipinski definition) is 7. The number of nitrogens with one attached hydrogen (secondary N) is 1. The molecule has 2 amide bonds.